The van der Waals surface area contributed by atoms with E-state index in [1.54, 1.807) is 6.26 Å². The lowest BCUT2D eigenvalue weighted by atomic mass is 9.84. The molecule has 0 unspecified atom stereocenters. The van der Waals surface area contributed by atoms with E-state index in [-0.39, 0.29) is 0 Å². The third-order valence-electron chi connectivity index (χ3n) is 3.57. The van der Waals surface area contributed by atoms with Gasteiger partial charge in [-0.1, -0.05) is 19.3 Å². The van der Waals surface area contributed by atoms with Crippen LogP contribution in [-0.4, -0.2) is 6.04 Å². The van der Waals surface area contributed by atoms with E-state index in [9.17, 15) is 0 Å². The van der Waals surface area contributed by atoms with E-state index in [0.717, 1.165) is 12.5 Å². The van der Waals surface area contributed by atoms with Crippen LogP contribution in [0.2, 0.25) is 0 Å². The van der Waals surface area contributed by atoms with E-state index in [2.05, 4.69) is 12.2 Å². The standard InChI is InChI=1S/C13H21NO/c1-11(13-5-3-2-4-6-13)14-9-12-7-8-15-10-12/h7-8,10-11,13-14H,2-6,9H2,1H3/t11-/m0/s1. The summed E-state index contributed by atoms with van der Waals surface area (Å²) in [4.78, 5) is 0. The van der Waals surface area contributed by atoms with Crippen LogP contribution >= 0.6 is 0 Å². The van der Waals surface area contributed by atoms with Gasteiger partial charge < -0.3 is 9.73 Å². The zero-order valence-electron chi connectivity index (χ0n) is 9.54. The maximum atomic E-state index is 5.05. The minimum absolute atomic E-state index is 0.639. The van der Waals surface area contributed by atoms with Crippen LogP contribution in [0.3, 0.4) is 0 Å². The van der Waals surface area contributed by atoms with Crippen LogP contribution in [0, 0.1) is 5.92 Å². The first-order valence-corrected chi connectivity index (χ1v) is 6.11. The fraction of sp³-hybridized carbons (Fsp3) is 0.692. The largest absolute Gasteiger partial charge is 0.472 e. The maximum absolute atomic E-state index is 5.05. The van der Waals surface area contributed by atoms with Gasteiger partial charge in [-0.2, -0.15) is 0 Å². The summed E-state index contributed by atoms with van der Waals surface area (Å²) in [5, 5.41) is 3.59. The first-order valence-electron chi connectivity index (χ1n) is 6.11. The average molecular weight is 207 g/mol. The van der Waals surface area contributed by atoms with E-state index in [4.69, 9.17) is 4.42 Å². The molecule has 2 rings (SSSR count). The molecule has 1 aromatic heterocycles. The summed E-state index contributed by atoms with van der Waals surface area (Å²) in [6, 6.07) is 2.67. The van der Waals surface area contributed by atoms with E-state index >= 15 is 0 Å². The van der Waals surface area contributed by atoms with Crippen LogP contribution < -0.4 is 5.32 Å². The lowest BCUT2D eigenvalue weighted by molar-refractivity contribution is 0.280. The molecule has 1 N–H and O–H groups in total. The zero-order chi connectivity index (χ0) is 10.5. The molecular weight excluding hydrogens is 186 g/mol. The van der Waals surface area contributed by atoms with E-state index < -0.39 is 0 Å². The molecule has 0 aromatic carbocycles. The lowest BCUT2D eigenvalue weighted by Gasteiger charge is -2.28. The van der Waals surface area contributed by atoms with Crippen LogP contribution in [0.4, 0.5) is 0 Å². The number of rotatable bonds is 4. The van der Waals surface area contributed by atoms with Gasteiger partial charge in [-0.15, -0.1) is 0 Å². The van der Waals surface area contributed by atoms with Crippen molar-refractivity contribution in [2.75, 3.05) is 0 Å². The van der Waals surface area contributed by atoms with Crippen molar-refractivity contribution in [3.05, 3.63) is 24.2 Å². The van der Waals surface area contributed by atoms with Crippen molar-refractivity contribution in [2.24, 2.45) is 5.92 Å². The average Bonchev–Trinajstić information content (AvgIpc) is 2.80. The number of furan rings is 1. The monoisotopic (exact) mass is 207 g/mol. The fourth-order valence-electron chi connectivity index (χ4n) is 2.47. The Morgan fingerprint density at radius 3 is 2.87 bits per heavy atom. The summed E-state index contributed by atoms with van der Waals surface area (Å²) in [5.74, 6) is 0.880. The molecule has 0 bridgehead atoms. The van der Waals surface area contributed by atoms with Crippen molar-refractivity contribution in [1.29, 1.82) is 0 Å². The molecule has 84 valence electrons. The summed E-state index contributed by atoms with van der Waals surface area (Å²) in [6.07, 6.45) is 10.6. The fourth-order valence-corrected chi connectivity index (χ4v) is 2.47. The van der Waals surface area contributed by atoms with Crippen LogP contribution in [0.5, 0.6) is 0 Å². The van der Waals surface area contributed by atoms with Gasteiger partial charge >= 0.3 is 0 Å². The highest BCUT2D eigenvalue weighted by molar-refractivity contribution is 5.04. The van der Waals surface area contributed by atoms with Gasteiger partial charge in [0.15, 0.2) is 0 Å². The van der Waals surface area contributed by atoms with Crippen LogP contribution in [0.15, 0.2) is 23.0 Å². The maximum Gasteiger partial charge on any atom is 0.0947 e. The number of nitrogens with one attached hydrogen (secondary N) is 1. The molecule has 15 heavy (non-hydrogen) atoms. The smallest absolute Gasteiger partial charge is 0.0947 e. The molecule has 0 saturated heterocycles. The highest BCUT2D eigenvalue weighted by Crippen LogP contribution is 2.26. The first kappa shape index (κ1) is 10.7. The van der Waals surface area contributed by atoms with Crippen LogP contribution in [0.1, 0.15) is 44.6 Å². The molecule has 1 atom stereocenters. The molecule has 0 radical (unpaired) electrons. The SMILES string of the molecule is C[C@H](NCc1ccoc1)C1CCCCC1. The Kier molecular flexibility index (Phi) is 3.84. The lowest BCUT2D eigenvalue weighted by Crippen LogP contribution is -2.34. The first-order chi connectivity index (χ1) is 7.36. The van der Waals surface area contributed by atoms with Gasteiger partial charge in [0.05, 0.1) is 12.5 Å². The van der Waals surface area contributed by atoms with Gasteiger partial charge in [-0.25, -0.2) is 0 Å². The second-order valence-electron chi connectivity index (χ2n) is 4.70. The molecule has 1 heterocycles. The molecular formula is C13H21NO. The molecule has 1 aliphatic carbocycles. The quantitative estimate of drug-likeness (QED) is 0.819. The summed E-state index contributed by atoms with van der Waals surface area (Å²) < 4.78 is 5.05. The van der Waals surface area contributed by atoms with Crippen molar-refractivity contribution in [3.63, 3.8) is 0 Å². The Morgan fingerprint density at radius 1 is 1.40 bits per heavy atom. The van der Waals surface area contributed by atoms with Gasteiger partial charge in [0.25, 0.3) is 0 Å². The third-order valence-corrected chi connectivity index (χ3v) is 3.57. The third kappa shape index (κ3) is 3.10. The molecule has 0 aliphatic heterocycles. The highest BCUT2D eigenvalue weighted by Gasteiger charge is 2.19. The minimum Gasteiger partial charge on any atom is -0.472 e. The van der Waals surface area contributed by atoms with Gasteiger partial charge in [-0.05, 0) is 31.7 Å². The van der Waals surface area contributed by atoms with Gasteiger partial charge in [0.2, 0.25) is 0 Å². The Hall–Kier alpha value is -0.760. The summed E-state index contributed by atoms with van der Waals surface area (Å²) in [7, 11) is 0. The van der Waals surface area contributed by atoms with Crippen molar-refractivity contribution in [1.82, 2.24) is 5.32 Å². The van der Waals surface area contributed by atoms with Gasteiger partial charge in [-0.3, -0.25) is 0 Å². The second-order valence-corrected chi connectivity index (χ2v) is 4.70. The predicted molar refractivity (Wildman–Crippen MR) is 61.6 cm³/mol. The molecule has 2 nitrogen and oxygen atoms in total. The Balaban J connectivity index is 1.74. The number of hydrogen-bond acceptors (Lipinski definition) is 2. The molecule has 0 spiro atoms. The van der Waals surface area contributed by atoms with Crippen molar-refractivity contribution in [2.45, 2.75) is 51.6 Å². The highest BCUT2D eigenvalue weighted by atomic mass is 16.3. The molecule has 1 fully saturated rings. The minimum atomic E-state index is 0.639. The van der Waals surface area contributed by atoms with Crippen LogP contribution in [0.25, 0.3) is 0 Å². The Bertz CT molecular complexity index is 262. The van der Waals surface area contributed by atoms with Gasteiger partial charge in [0.1, 0.15) is 0 Å². The van der Waals surface area contributed by atoms with Gasteiger partial charge in [0, 0.05) is 18.2 Å². The van der Waals surface area contributed by atoms with Crippen LogP contribution in [-0.2, 0) is 6.54 Å². The summed E-state index contributed by atoms with van der Waals surface area (Å²) >= 11 is 0. The summed E-state index contributed by atoms with van der Waals surface area (Å²) in [5.41, 5.74) is 1.25. The van der Waals surface area contributed by atoms with E-state index in [1.807, 2.05) is 12.3 Å². The van der Waals surface area contributed by atoms with E-state index in [0.29, 0.717) is 6.04 Å². The van der Waals surface area contributed by atoms with E-state index in [1.165, 1.54) is 37.7 Å². The summed E-state index contributed by atoms with van der Waals surface area (Å²) in [6.45, 7) is 3.25. The molecule has 1 aliphatic rings. The Labute approximate surface area is 92.1 Å². The molecule has 0 amide bonds. The predicted octanol–water partition coefficient (Wildman–Crippen LogP) is 3.34. The van der Waals surface area contributed by atoms with Crippen molar-refractivity contribution < 1.29 is 4.42 Å². The van der Waals surface area contributed by atoms with Crippen molar-refractivity contribution in [3.8, 4) is 0 Å². The molecule has 1 aromatic rings. The Morgan fingerprint density at radius 2 is 2.20 bits per heavy atom. The molecule has 1 saturated carbocycles. The van der Waals surface area contributed by atoms with Crippen molar-refractivity contribution >= 4 is 0 Å². The normalized spacial score (nSPS) is 20.3. The molecule has 2 heteroatoms. The second kappa shape index (κ2) is 5.36. The number of hydrogen-bond donors (Lipinski definition) is 1. The topological polar surface area (TPSA) is 25.2 Å². The zero-order valence-corrected chi connectivity index (χ0v) is 9.54.